The monoisotopic (exact) mass is 736 g/mol. The summed E-state index contributed by atoms with van der Waals surface area (Å²) >= 11 is 2.43. The van der Waals surface area contributed by atoms with Crippen molar-refractivity contribution in [1.29, 1.82) is 0 Å². The van der Waals surface area contributed by atoms with Crippen molar-refractivity contribution in [3.8, 4) is 0 Å². The van der Waals surface area contributed by atoms with E-state index < -0.39 is 22.4 Å². The molecule has 2 aromatic rings. The standard InChI is InChI=1S/C36H57IO4Si2/c1-27(23-24-32(41-42(11,12)34(3,4)5)33-31(25-26-37)38-36(9,10)39-33)28(2)40-43(35(6,7)8,29-19-15-13-16-20-29)30-21-17-14-18-22-30/h13-24,27-28,31-33H,25-26H2,1-12H3/t27-,28-,31+,32?,33+/m1/s1. The molecule has 43 heavy (non-hydrogen) atoms. The van der Waals surface area contributed by atoms with Gasteiger partial charge in [-0.25, -0.2) is 0 Å². The van der Waals surface area contributed by atoms with Crippen LogP contribution in [0, 0.1) is 5.92 Å². The first kappa shape index (κ1) is 36.6. The van der Waals surface area contributed by atoms with E-state index in [4.69, 9.17) is 18.3 Å². The fraction of sp³-hybridized carbons (Fsp3) is 0.611. The van der Waals surface area contributed by atoms with Gasteiger partial charge >= 0.3 is 0 Å². The number of ether oxygens (including phenoxy) is 2. The molecule has 7 heteroatoms. The molecule has 0 aliphatic carbocycles. The third-order valence-corrected chi connectivity index (χ3v) is 19.5. The van der Waals surface area contributed by atoms with Crippen LogP contribution in [0.3, 0.4) is 0 Å². The van der Waals surface area contributed by atoms with Crippen molar-refractivity contribution in [2.45, 2.75) is 129 Å². The maximum Gasteiger partial charge on any atom is 0.261 e. The molecule has 2 aromatic carbocycles. The SMILES string of the molecule is C[C@H](C=CC(O[Si](C)(C)C(C)(C)C)[C@H]1OC(C)(C)O[C@H]1CCI)[C@@H](C)O[Si](c1ccccc1)(c1ccccc1)C(C)(C)C. The Bertz CT molecular complexity index is 1130. The van der Waals surface area contributed by atoms with Crippen LogP contribution in [-0.2, 0) is 18.3 Å². The first-order valence-electron chi connectivity index (χ1n) is 15.9. The van der Waals surface area contributed by atoms with Gasteiger partial charge in [0, 0.05) is 10.5 Å². The Balaban J connectivity index is 1.99. The van der Waals surface area contributed by atoms with Crippen LogP contribution in [0.15, 0.2) is 72.8 Å². The van der Waals surface area contributed by atoms with Crippen LogP contribution in [0.25, 0.3) is 0 Å². The van der Waals surface area contributed by atoms with Gasteiger partial charge in [-0.05, 0) is 66.7 Å². The van der Waals surface area contributed by atoms with E-state index >= 15 is 0 Å². The van der Waals surface area contributed by atoms with Crippen LogP contribution in [0.5, 0.6) is 0 Å². The molecule has 240 valence electrons. The van der Waals surface area contributed by atoms with Crippen molar-refractivity contribution >= 4 is 49.6 Å². The Morgan fingerprint density at radius 2 is 1.33 bits per heavy atom. The summed E-state index contributed by atoms with van der Waals surface area (Å²) in [6.07, 6.45) is 5.12. The van der Waals surface area contributed by atoms with Gasteiger partial charge in [0.15, 0.2) is 14.1 Å². The van der Waals surface area contributed by atoms with Gasteiger partial charge in [-0.3, -0.25) is 0 Å². The van der Waals surface area contributed by atoms with E-state index in [2.05, 4.69) is 164 Å². The highest BCUT2D eigenvalue weighted by atomic mass is 127. The second-order valence-electron chi connectivity index (χ2n) is 15.2. The van der Waals surface area contributed by atoms with Gasteiger partial charge in [0.05, 0.1) is 12.2 Å². The molecule has 1 aliphatic heterocycles. The van der Waals surface area contributed by atoms with E-state index in [-0.39, 0.29) is 40.4 Å². The Kier molecular flexibility index (Phi) is 12.2. The molecule has 5 atom stereocenters. The number of hydrogen-bond acceptors (Lipinski definition) is 4. The number of hydrogen-bond donors (Lipinski definition) is 0. The van der Waals surface area contributed by atoms with Crippen molar-refractivity contribution in [2.75, 3.05) is 4.43 Å². The lowest BCUT2D eigenvalue weighted by molar-refractivity contribution is -0.151. The quantitative estimate of drug-likeness (QED) is 0.0945. The van der Waals surface area contributed by atoms with Crippen molar-refractivity contribution in [2.24, 2.45) is 5.92 Å². The van der Waals surface area contributed by atoms with Gasteiger partial charge in [-0.15, -0.1) is 0 Å². The molecular formula is C36H57IO4Si2. The third kappa shape index (κ3) is 8.71. The van der Waals surface area contributed by atoms with Gasteiger partial charge in [0.1, 0.15) is 6.10 Å². The van der Waals surface area contributed by atoms with Gasteiger partial charge in [-0.1, -0.05) is 144 Å². The zero-order valence-electron chi connectivity index (χ0n) is 28.7. The fourth-order valence-electron chi connectivity index (χ4n) is 5.72. The lowest BCUT2D eigenvalue weighted by Crippen LogP contribution is -2.67. The summed E-state index contributed by atoms with van der Waals surface area (Å²) in [7, 11) is -4.76. The van der Waals surface area contributed by atoms with Crippen molar-refractivity contribution in [3.63, 3.8) is 0 Å². The number of rotatable bonds is 12. The summed E-state index contributed by atoms with van der Waals surface area (Å²) < 4.78 is 28.5. The van der Waals surface area contributed by atoms with Crippen molar-refractivity contribution in [1.82, 2.24) is 0 Å². The smallest absolute Gasteiger partial charge is 0.261 e. The first-order valence-corrected chi connectivity index (χ1v) is 22.3. The van der Waals surface area contributed by atoms with E-state index in [1.54, 1.807) is 0 Å². The van der Waals surface area contributed by atoms with Crippen LogP contribution >= 0.6 is 22.6 Å². The molecule has 3 rings (SSSR count). The number of alkyl halides is 1. The highest BCUT2D eigenvalue weighted by Crippen LogP contribution is 2.41. The van der Waals surface area contributed by atoms with Gasteiger partial charge in [-0.2, -0.15) is 0 Å². The molecule has 1 heterocycles. The molecule has 0 radical (unpaired) electrons. The lowest BCUT2D eigenvalue weighted by atomic mass is 10.0. The zero-order valence-corrected chi connectivity index (χ0v) is 32.9. The summed E-state index contributed by atoms with van der Waals surface area (Å²) in [6, 6.07) is 21.8. The molecule has 0 spiro atoms. The van der Waals surface area contributed by atoms with Crippen molar-refractivity contribution in [3.05, 3.63) is 72.8 Å². The summed E-state index contributed by atoms with van der Waals surface area (Å²) in [5, 5.41) is 2.61. The minimum Gasteiger partial charge on any atom is -0.408 e. The van der Waals surface area contributed by atoms with Crippen LogP contribution in [0.2, 0.25) is 23.2 Å². The van der Waals surface area contributed by atoms with Crippen molar-refractivity contribution < 1.29 is 18.3 Å². The topological polar surface area (TPSA) is 36.9 Å². The van der Waals surface area contributed by atoms with E-state index in [0.29, 0.717) is 0 Å². The predicted octanol–water partition coefficient (Wildman–Crippen LogP) is 8.88. The normalized spacial score (nSPS) is 22.1. The average molecular weight is 737 g/mol. The average Bonchev–Trinajstić information content (AvgIpc) is 3.22. The first-order chi connectivity index (χ1) is 19.8. The van der Waals surface area contributed by atoms with E-state index in [9.17, 15) is 0 Å². The summed E-state index contributed by atoms with van der Waals surface area (Å²) in [5.41, 5.74) is 0. The largest absolute Gasteiger partial charge is 0.408 e. The molecule has 1 fully saturated rings. The van der Waals surface area contributed by atoms with Crippen LogP contribution in [-0.4, -0.2) is 51.3 Å². The molecule has 4 nitrogen and oxygen atoms in total. The molecule has 0 N–H and O–H groups in total. The van der Waals surface area contributed by atoms with Gasteiger partial charge in [0.2, 0.25) is 0 Å². The molecule has 1 saturated heterocycles. The van der Waals surface area contributed by atoms with E-state index in [0.717, 1.165) is 10.8 Å². The van der Waals surface area contributed by atoms with Crippen LogP contribution < -0.4 is 10.4 Å². The molecule has 0 aromatic heterocycles. The van der Waals surface area contributed by atoms with Gasteiger partial charge < -0.3 is 18.3 Å². The molecule has 1 unspecified atom stereocenters. The number of benzene rings is 2. The van der Waals surface area contributed by atoms with Gasteiger partial charge in [0.25, 0.3) is 8.32 Å². The van der Waals surface area contributed by atoms with E-state index in [1.807, 2.05) is 13.8 Å². The Hall–Kier alpha value is -0.816. The summed E-state index contributed by atoms with van der Waals surface area (Å²) in [4.78, 5) is 0. The molecule has 0 saturated carbocycles. The minimum atomic E-state index is -2.66. The minimum absolute atomic E-state index is 0.00703. The predicted molar refractivity (Wildman–Crippen MR) is 196 cm³/mol. The molecule has 0 amide bonds. The maximum atomic E-state index is 7.44. The molecular weight excluding hydrogens is 679 g/mol. The second kappa shape index (κ2) is 14.3. The van der Waals surface area contributed by atoms with Crippen LogP contribution in [0.4, 0.5) is 0 Å². The highest BCUT2D eigenvalue weighted by molar-refractivity contribution is 14.1. The second-order valence-corrected chi connectivity index (χ2v) is 25.3. The lowest BCUT2D eigenvalue weighted by Gasteiger charge is -2.45. The van der Waals surface area contributed by atoms with E-state index in [1.165, 1.54) is 10.4 Å². The molecule has 0 bridgehead atoms. The third-order valence-electron chi connectivity index (χ3n) is 9.30. The number of halogens is 1. The zero-order chi connectivity index (χ0) is 32.3. The van der Waals surface area contributed by atoms with Crippen LogP contribution in [0.1, 0.15) is 75.7 Å². The summed E-state index contributed by atoms with van der Waals surface area (Å²) in [6.45, 7) is 27.1. The summed E-state index contributed by atoms with van der Waals surface area (Å²) in [5.74, 6) is -0.472. The molecule has 1 aliphatic rings. The fourth-order valence-corrected chi connectivity index (χ4v) is 12.4. The Morgan fingerprint density at radius 3 is 1.77 bits per heavy atom. The maximum absolute atomic E-state index is 7.44. The Labute approximate surface area is 278 Å². The Morgan fingerprint density at radius 1 is 0.814 bits per heavy atom. The highest BCUT2D eigenvalue weighted by Gasteiger charge is 2.52.